The van der Waals surface area contributed by atoms with E-state index in [2.05, 4.69) is 36.6 Å². The Morgan fingerprint density at radius 3 is 2.39 bits per heavy atom. The number of carbonyl (C=O) groups is 1. The Kier molecular flexibility index (Phi) is 5.66. The van der Waals surface area contributed by atoms with Gasteiger partial charge in [0, 0.05) is 23.5 Å². The standard InChI is InChI=1S/C24H27FN4OS/c1-15-11-16(2)13-19(12-15)31-22-21(17-5-7-18(25)8-6-17)27-23-24(3,4)29(20(30)14-26)10-9-28(22)23/h5-8,11-13H,9-10,14,26H2,1-4H3. The van der Waals surface area contributed by atoms with Gasteiger partial charge in [0.1, 0.15) is 22.4 Å². The molecule has 0 aliphatic carbocycles. The fraction of sp³-hybridized carbons (Fsp3) is 0.333. The molecule has 3 aromatic rings. The van der Waals surface area contributed by atoms with Crippen LogP contribution < -0.4 is 5.73 Å². The van der Waals surface area contributed by atoms with Gasteiger partial charge in [0.25, 0.3) is 0 Å². The van der Waals surface area contributed by atoms with Crippen LogP contribution in [-0.4, -0.2) is 33.4 Å². The normalized spacial score (nSPS) is 15.1. The second-order valence-corrected chi connectivity index (χ2v) is 9.54. The van der Waals surface area contributed by atoms with Crippen LogP contribution in [0.2, 0.25) is 0 Å². The molecule has 0 unspecified atom stereocenters. The van der Waals surface area contributed by atoms with Gasteiger partial charge in [0.15, 0.2) is 0 Å². The lowest BCUT2D eigenvalue weighted by Crippen LogP contribution is -2.53. The second kappa shape index (κ2) is 8.13. The van der Waals surface area contributed by atoms with E-state index in [0.717, 1.165) is 27.0 Å². The van der Waals surface area contributed by atoms with Gasteiger partial charge in [-0.15, -0.1) is 0 Å². The SMILES string of the molecule is Cc1cc(C)cc(Sc2c(-c3ccc(F)cc3)nc3n2CCN(C(=O)CN)C3(C)C)c1. The largest absolute Gasteiger partial charge is 0.327 e. The number of fused-ring (bicyclic) bond motifs is 1. The summed E-state index contributed by atoms with van der Waals surface area (Å²) in [5, 5.41) is 1.000. The van der Waals surface area contributed by atoms with Crippen LogP contribution in [0.15, 0.2) is 52.4 Å². The molecule has 2 aromatic carbocycles. The summed E-state index contributed by atoms with van der Waals surface area (Å²) >= 11 is 1.66. The zero-order valence-corrected chi connectivity index (χ0v) is 19.1. The van der Waals surface area contributed by atoms with Gasteiger partial charge in [-0.25, -0.2) is 9.37 Å². The van der Waals surface area contributed by atoms with E-state index in [9.17, 15) is 9.18 Å². The molecule has 0 bridgehead atoms. The molecule has 1 aromatic heterocycles. The number of aryl methyl sites for hydroxylation is 2. The highest BCUT2D eigenvalue weighted by molar-refractivity contribution is 7.99. The second-order valence-electron chi connectivity index (χ2n) is 8.48. The molecule has 0 saturated carbocycles. The number of rotatable bonds is 4. The summed E-state index contributed by atoms with van der Waals surface area (Å²) in [6.45, 7) is 9.34. The number of hydrogen-bond acceptors (Lipinski definition) is 4. The average Bonchev–Trinajstić information content (AvgIpc) is 3.07. The first-order chi connectivity index (χ1) is 14.7. The molecule has 162 valence electrons. The van der Waals surface area contributed by atoms with E-state index in [0.29, 0.717) is 13.1 Å². The van der Waals surface area contributed by atoms with Crippen LogP contribution in [0.4, 0.5) is 4.39 Å². The Balaban J connectivity index is 1.87. The van der Waals surface area contributed by atoms with Crippen molar-refractivity contribution in [1.82, 2.24) is 14.5 Å². The van der Waals surface area contributed by atoms with Crippen molar-refractivity contribution < 1.29 is 9.18 Å². The lowest BCUT2D eigenvalue weighted by Gasteiger charge is -2.42. The first kappa shape index (κ1) is 21.6. The molecule has 0 fully saturated rings. The van der Waals surface area contributed by atoms with Gasteiger partial charge in [-0.1, -0.05) is 17.8 Å². The Morgan fingerprint density at radius 2 is 1.77 bits per heavy atom. The van der Waals surface area contributed by atoms with Gasteiger partial charge in [-0.2, -0.15) is 0 Å². The number of aromatic nitrogens is 2. The van der Waals surface area contributed by atoms with Crippen LogP contribution in [0.5, 0.6) is 0 Å². The Labute approximate surface area is 186 Å². The molecule has 5 nitrogen and oxygen atoms in total. The fourth-order valence-electron chi connectivity index (χ4n) is 4.26. The monoisotopic (exact) mass is 438 g/mol. The van der Waals surface area contributed by atoms with E-state index in [-0.39, 0.29) is 18.3 Å². The molecule has 0 atom stereocenters. The third kappa shape index (κ3) is 4.00. The van der Waals surface area contributed by atoms with Crippen LogP contribution in [0.3, 0.4) is 0 Å². The van der Waals surface area contributed by atoms with Gasteiger partial charge >= 0.3 is 0 Å². The third-order valence-electron chi connectivity index (χ3n) is 5.69. The molecule has 7 heteroatoms. The van der Waals surface area contributed by atoms with Gasteiger partial charge < -0.3 is 15.2 Å². The Hall–Kier alpha value is -2.64. The minimum Gasteiger partial charge on any atom is -0.327 e. The van der Waals surface area contributed by atoms with E-state index in [4.69, 9.17) is 10.7 Å². The number of carbonyl (C=O) groups excluding carboxylic acids is 1. The van der Waals surface area contributed by atoms with Gasteiger partial charge in [-0.05, 0) is 75.2 Å². The number of imidazole rings is 1. The molecule has 31 heavy (non-hydrogen) atoms. The molecule has 1 amide bonds. The van der Waals surface area contributed by atoms with Crippen molar-refractivity contribution in [2.24, 2.45) is 5.73 Å². The van der Waals surface area contributed by atoms with E-state index in [1.807, 2.05) is 13.8 Å². The number of hydrogen-bond donors (Lipinski definition) is 1. The maximum Gasteiger partial charge on any atom is 0.237 e. The minimum absolute atomic E-state index is 0.0286. The number of halogens is 1. The number of nitrogens with zero attached hydrogens (tertiary/aromatic N) is 3. The minimum atomic E-state index is -0.606. The highest BCUT2D eigenvalue weighted by atomic mass is 32.2. The number of nitrogens with two attached hydrogens (primary N) is 1. The maximum atomic E-state index is 13.6. The van der Waals surface area contributed by atoms with Crippen molar-refractivity contribution in [2.45, 2.75) is 49.7 Å². The van der Waals surface area contributed by atoms with Crippen LogP contribution in [0.25, 0.3) is 11.3 Å². The topological polar surface area (TPSA) is 64.2 Å². The molecule has 2 heterocycles. The summed E-state index contributed by atoms with van der Waals surface area (Å²) in [7, 11) is 0. The quantitative estimate of drug-likeness (QED) is 0.652. The number of benzene rings is 2. The molecule has 4 rings (SSSR count). The lowest BCUT2D eigenvalue weighted by molar-refractivity contribution is -0.137. The summed E-state index contributed by atoms with van der Waals surface area (Å²) < 4.78 is 15.8. The first-order valence-electron chi connectivity index (χ1n) is 10.3. The Morgan fingerprint density at radius 1 is 1.13 bits per heavy atom. The van der Waals surface area contributed by atoms with E-state index >= 15 is 0 Å². The molecular weight excluding hydrogens is 411 g/mol. The van der Waals surface area contributed by atoms with Crippen molar-refractivity contribution >= 4 is 17.7 Å². The van der Waals surface area contributed by atoms with Crippen molar-refractivity contribution in [1.29, 1.82) is 0 Å². The zero-order chi connectivity index (χ0) is 22.3. The van der Waals surface area contributed by atoms with Crippen LogP contribution in [-0.2, 0) is 16.9 Å². The van der Waals surface area contributed by atoms with Crippen LogP contribution in [0.1, 0.15) is 30.8 Å². The predicted molar refractivity (Wildman–Crippen MR) is 121 cm³/mol. The highest BCUT2D eigenvalue weighted by Gasteiger charge is 2.41. The van der Waals surface area contributed by atoms with E-state index in [1.165, 1.54) is 23.3 Å². The van der Waals surface area contributed by atoms with Gasteiger partial charge in [0.2, 0.25) is 5.91 Å². The van der Waals surface area contributed by atoms with E-state index in [1.54, 1.807) is 28.8 Å². The molecule has 2 N–H and O–H groups in total. The summed E-state index contributed by atoms with van der Waals surface area (Å²) in [6, 6.07) is 12.9. The molecule has 0 saturated heterocycles. The van der Waals surface area contributed by atoms with Crippen molar-refractivity contribution in [3.8, 4) is 11.3 Å². The van der Waals surface area contributed by atoms with Crippen molar-refractivity contribution in [3.05, 3.63) is 65.2 Å². The third-order valence-corrected chi connectivity index (χ3v) is 6.77. The predicted octanol–water partition coefficient (Wildman–Crippen LogP) is 4.49. The van der Waals surface area contributed by atoms with Crippen molar-refractivity contribution in [3.63, 3.8) is 0 Å². The molecule has 1 aliphatic heterocycles. The average molecular weight is 439 g/mol. The number of amides is 1. The summed E-state index contributed by atoms with van der Waals surface area (Å²) in [6.07, 6.45) is 0. The Bertz CT molecular complexity index is 1120. The molecule has 1 aliphatic rings. The molecule has 0 spiro atoms. The van der Waals surface area contributed by atoms with E-state index < -0.39 is 5.54 Å². The van der Waals surface area contributed by atoms with Crippen LogP contribution >= 0.6 is 11.8 Å². The van der Waals surface area contributed by atoms with Gasteiger partial charge in [0.05, 0.1) is 12.1 Å². The lowest BCUT2D eigenvalue weighted by atomic mass is 9.99. The maximum absolute atomic E-state index is 13.6. The fourth-order valence-corrected chi connectivity index (χ4v) is 5.52. The summed E-state index contributed by atoms with van der Waals surface area (Å²) in [5.41, 5.74) is 9.10. The summed E-state index contributed by atoms with van der Waals surface area (Å²) in [5.74, 6) is 0.439. The zero-order valence-electron chi connectivity index (χ0n) is 18.3. The molecular formula is C24H27FN4OS. The smallest absolute Gasteiger partial charge is 0.237 e. The first-order valence-corrected chi connectivity index (χ1v) is 11.2. The molecule has 0 radical (unpaired) electrons. The summed E-state index contributed by atoms with van der Waals surface area (Å²) in [4.78, 5) is 20.4. The van der Waals surface area contributed by atoms with Gasteiger partial charge in [-0.3, -0.25) is 4.79 Å². The van der Waals surface area contributed by atoms with Crippen molar-refractivity contribution in [2.75, 3.05) is 13.1 Å². The van der Waals surface area contributed by atoms with Crippen LogP contribution in [0, 0.1) is 19.7 Å². The highest BCUT2D eigenvalue weighted by Crippen LogP contribution is 2.42.